The molecule has 0 spiro atoms. The van der Waals surface area contributed by atoms with Crippen molar-refractivity contribution >= 4 is 12.0 Å². The number of hydrogen-bond donors (Lipinski definition) is 1. The Hall–Kier alpha value is -2.11. The minimum atomic E-state index is -0.544. The normalized spacial score (nSPS) is 9.53. The van der Waals surface area contributed by atoms with E-state index >= 15 is 0 Å². The molecule has 0 saturated carbocycles. The molecule has 0 fully saturated rings. The van der Waals surface area contributed by atoms with Crippen LogP contribution in [0.5, 0.6) is 0 Å². The summed E-state index contributed by atoms with van der Waals surface area (Å²) in [5.41, 5.74) is 0.765. The van der Waals surface area contributed by atoms with Crippen LogP contribution in [0.3, 0.4) is 0 Å². The molecule has 0 bridgehead atoms. The molecule has 92 valence electrons. The summed E-state index contributed by atoms with van der Waals surface area (Å²) in [6, 6.07) is 5.45. The van der Waals surface area contributed by atoms with Crippen molar-refractivity contribution in [2.45, 2.75) is 6.54 Å². The maximum Gasteiger partial charge on any atom is 0.409 e. The zero-order valence-electron chi connectivity index (χ0n) is 9.84. The van der Waals surface area contributed by atoms with Crippen LogP contribution in [0.25, 0.3) is 0 Å². The standard InChI is InChI=1S/C11H15N3O3/c1-14(11(16)17-2)8-10(15)13-7-9-5-3-4-6-12-9/h3-6H,7-8H2,1-2H3,(H,13,15). The van der Waals surface area contributed by atoms with Gasteiger partial charge in [-0.25, -0.2) is 4.79 Å². The van der Waals surface area contributed by atoms with Gasteiger partial charge in [0.15, 0.2) is 0 Å². The summed E-state index contributed by atoms with van der Waals surface area (Å²) < 4.78 is 4.47. The molecule has 17 heavy (non-hydrogen) atoms. The lowest BCUT2D eigenvalue weighted by Gasteiger charge is -2.14. The second kappa shape index (κ2) is 6.47. The van der Waals surface area contributed by atoms with E-state index in [1.54, 1.807) is 12.3 Å². The Kier molecular flexibility index (Phi) is 4.93. The Morgan fingerprint density at radius 2 is 2.24 bits per heavy atom. The predicted molar refractivity (Wildman–Crippen MR) is 61.1 cm³/mol. The van der Waals surface area contributed by atoms with Crippen molar-refractivity contribution in [2.75, 3.05) is 20.7 Å². The van der Waals surface area contributed by atoms with Crippen LogP contribution in [0.2, 0.25) is 0 Å². The van der Waals surface area contributed by atoms with Crippen LogP contribution < -0.4 is 5.32 Å². The van der Waals surface area contributed by atoms with Crippen LogP contribution in [0.15, 0.2) is 24.4 Å². The third kappa shape index (κ3) is 4.50. The van der Waals surface area contributed by atoms with Crippen molar-refractivity contribution < 1.29 is 14.3 Å². The zero-order chi connectivity index (χ0) is 12.7. The number of hydrogen-bond acceptors (Lipinski definition) is 4. The number of likely N-dealkylation sites (N-methyl/N-ethyl adjacent to an activating group) is 1. The van der Waals surface area contributed by atoms with Crippen LogP contribution in [0.4, 0.5) is 4.79 Å². The molecule has 6 nitrogen and oxygen atoms in total. The smallest absolute Gasteiger partial charge is 0.409 e. The molecule has 0 aliphatic carbocycles. The average molecular weight is 237 g/mol. The van der Waals surface area contributed by atoms with E-state index in [4.69, 9.17) is 0 Å². The molecule has 0 unspecified atom stereocenters. The summed E-state index contributed by atoms with van der Waals surface area (Å²) in [6.07, 6.45) is 1.11. The Bertz CT molecular complexity index is 381. The van der Waals surface area contributed by atoms with Crippen LogP contribution in [-0.4, -0.2) is 42.6 Å². The number of ether oxygens (including phenoxy) is 1. The SMILES string of the molecule is COC(=O)N(C)CC(=O)NCc1ccccn1. The van der Waals surface area contributed by atoms with E-state index in [9.17, 15) is 9.59 Å². The lowest BCUT2D eigenvalue weighted by atomic mass is 10.3. The summed E-state index contributed by atoms with van der Waals surface area (Å²) in [6.45, 7) is 0.300. The highest BCUT2D eigenvalue weighted by Gasteiger charge is 2.12. The van der Waals surface area contributed by atoms with E-state index in [0.29, 0.717) is 6.54 Å². The molecule has 0 aliphatic heterocycles. The van der Waals surface area contributed by atoms with Crippen LogP contribution in [-0.2, 0) is 16.1 Å². The van der Waals surface area contributed by atoms with Gasteiger partial charge in [-0.1, -0.05) is 6.07 Å². The van der Waals surface area contributed by atoms with Crippen molar-refractivity contribution in [3.8, 4) is 0 Å². The third-order valence-electron chi connectivity index (χ3n) is 2.06. The van der Waals surface area contributed by atoms with Crippen molar-refractivity contribution in [2.24, 2.45) is 0 Å². The van der Waals surface area contributed by atoms with Gasteiger partial charge in [-0.15, -0.1) is 0 Å². The van der Waals surface area contributed by atoms with Gasteiger partial charge in [0, 0.05) is 13.2 Å². The van der Waals surface area contributed by atoms with Gasteiger partial charge in [0.2, 0.25) is 5.91 Å². The molecule has 1 aromatic heterocycles. The largest absolute Gasteiger partial charge is 0.453 e. The van der Waals surface area contributed by atoms with E-state index in [-0.39, 0.29) is 12.5 Å². The Morgan fingerprint density at radius 3 is 2.82 bits per heavy atom. The highest BCUT2D eigenvalue weighted by Crippen LogP contribution is 1.93. The fourth-order valence-electron chi connectivity index (χ4n) is 1.18. The molecule has 1 aromatic rings. The Morgan fingerprint density at radius 1 is 1.47 bits per heavy atom. The second-order valence-electron chi connectivity index (χ2n) is 3.42. The monoisotopic (exact) mass is 237 g/mol. The Labute approximate surface area is 99.6 Å². The van der Waals surface area contributed by atoms with E-state index in [1.807, 2.05) is 12.1 Å². The fraction of sp³-hybridized carbons (Fsp3) is 0.364. The van der Waals surface area contributed by atoms with Gasteiger partial charge in [0.25, 0.3) is 0 Å². The first kappa shape index (κ1) is 13.0. The van der Waals surface area contributed by atoms with Gasteiger partial charge in [0.05, 0.1) is 19.3 Å². The first-order chi connectivity index (χ1) is 8.13. The number of aromatic nitrogens is 1. The van der Waals surface area contributed by atoms with E-state index in [0.717, 1.165) is 5.69 Å². The van der Waals surface area contributed by atoms with Crippen molar-refractivity contribution in [3.05, 3.63) is 30.1 Å². The number of carbonyl (C=O) groups is 2. The van der Waals surface area contributed by atoms with Crippen LogP contribution in [0.1, 0.15) is 5.69 Å². The Balaban J connectivity index is 2.33. The summed E-state index contributed by atoms with van der Waals surface area (Å²) in [4.78, 5) is 27.7. The molecule has 2 amide bonds. The number of methoxy groups -OCH3 is 1. The molecule has 0 atom stereocenters. The van der Waals surface area contributed by atoms with Crippen molar-refractivity contribution in [1.82, 2.24) is 15.2 Å². The quantitative estimate of drug-likeness (QED) is 0.822. The average Bonchev–Trinajstić information content (AvgIpc) is 2.36. The predicted octanol–water partition coefficient (Wildman–Crippen LogP) is 0.396. The molecular formula is C11H15N3O3. The minimum Gasteiger partial charge on any atom is -0.453 e. The maximum absolute atomic E-state index is 11.5. The van der Waals surface area contributed by atoms with Gasteiger partial charge in [0.1, 0.15) is 6.54 Å². The second-order valence-corrected chi connectivity index (χ2v) is 3.42. The molecule has 1 rings (SSSR count). The fourth-order valence-corrected chi connectivity index (χ4v) is 1.18. The summed E-state index contributed by atoms with van der Waals surface area (Å²) in [5, 5.41) is 2.66. The molecule has 0 aromatic carbocycles. The molecule has 0 radical (unpaired) electrons. The van der Waals surface area contributed by atoms with E-state index in [1.165, 1.54) is 19.1 Å². The molecule has 0 saturated heterocycles. The van der Waals surface area contributed by atoms with Gasteiger partial charge in [-0.05, 0) is 12.1 Å². The minimum absolute atomic E-state index is 0.0422. The maximum atomic E-state index is 11.5. The van der Waals surface area contributed by atoms with Crippen LogP contribution in [0, 0.1) is 0 Å². The first-order valence-corrected chi connectivity index (χ1v) is 5.09. The number of pyridine rings is 1. The highest BCUT2D eigenvalue weighted by molar-refractivity contribution is 5.81. The molecule has 1 heterocycles. The van der Waals surface area contributed by atoms with Gasteiger partial charge in [-0.2, -0.15) is 0 Å². The van der Waals surface area contributed by atoms with E-state index < -0.39 is 6.09 Å². The van der Waals surface area contributed by atoms with Crippen LogP contribution >= 0.6 is 0 Å². The van der Waals surface area contributed by atoms with E-state index in [2.05, 4.69) is 15.0 Å². The highest BCUT2D eigenvalue weighted by atomic mass is 16.5. The first-order valence-electron chi connectivity index (χ1n) is 5.09. The number of rotatable bonds is 4. The van der Waals surface area contributed by atoms with Gasteiger partial charge in [-0.3, -0.25) is 9.78 Å². The van der Waals surface area contributed by atoms with Gasteiger partial charge < -0.3 is 15.0 Å². The number of nitrogens with one attached hydrogen (secondary N) is 1. The summed E-state index contributed by atoms with van der Waals surface area (Å²) >= 11 is 0. The number of amides is 2. The summed E-state index contributed by atoms with van der Waals surface area (Å²) in [7, 11) is 2.76. The lowest BCUT2D eigenvalue weighted by Crippen LogP contribution is -2.38. The summed E-state index contributed by atoms with van der Waals surface area (Å²) in [5.74, 6) is -0.261. The number of carbonyl (C=O) groups excluding carboxylic acids is 2. The van der Waals surface area contributed by atoms with Crippen molar-refractivity contribution in [1.29, 1.82) is 0 Å². The topological polar surface area (TPSA) is 71.5 Å². The van der Waals surface area contributed by atoms with Gasteiger partial charge >= 0.3 is 6.09 Å². The number of nitrogens with zero attached hydrogens (tertiary/aromatic N) is 2. The third-order valence-corrected chi connectivity index (χ3v) is 2.06. The zero-order valence-corrected chi connectivity index (χ0v) is 9.84. The molecule has 6 heteroatoms. The van der Waals surface area contributed by atoms with Crippen molar-refractivity contribution in [3.63, 3.8) is 0 Å². The molecular weight excluding hydrogens is 222 g/mol. The molecule has 1 N–H and O–H groups in total. The lowest BCUT2D eigenvalue weighted by molar-refractivity contribution is -0.121. The molecule has 0 aliphatic rings.